The average molecular weight is 707 g/mol. The van der Waals surface area contributed by atoms with E-state index in [-0.39, 0.29) is 17.1 Å². The molecule has 4 aromatic rings. The Bertz CT molecular complexity index is 1860. The molecule has 0 N–H and O–H groups in total. The van der Waals surface area contributed by atoms with Crippen LogP contribution in [0.25, 0.3) is 27.4 Å². The van der Waals surface area contributed by atoms with Crippen LogP contribution in [-0.4, -0.2) is 76.5 Å². The first-order chi connectivity index (χ1) is 22.9. The van der Waals surface area contributed by atoms with Gasteiger partial charge in [-0.05, 0) is 82.1 Å². The lowest BCUT2D eigenvalue weighted by atomic mass is 10.0. The van der Waals surface area contributed by atoms with Gasteiger partial charge in [0.2, 0.25) is 0 Å². The van der Waals surface area contributed by atoms with Crippen molar-refractivity contribution in [2.24, 2.45) is 7.05 Å². The molecule has 0 unspecified atom stereocenters. The number of halogens is 1. The summed E-state index contributed by atoms with van der Waals surface area (Å²) >= 11 is 1.58. The lowest BCUT2D eigenvalue weighted by Gasteiger charge is -2.39. The van der Waals surface area contributed by atoms with Crippen molar-refractivity contribution in [3.05, 3.63) is 65.1 Å². The van der Waals surface area contributed by atoms with Gasteiger partial charge in [-0.15, -0.1) is 16.4 Å². The second kappa shape index (κ2) is 14.1. The van der Waals surface area contributed by atoms with Crippen molar-refractivity contribution >= 4 is 53.6 Å². The van der Waals surface area contributed by atoms with Crippen LogP contribution < -0.4 is 4.90 Å². The Labute approximate surface area is 293 Å². The Hall–Kier alpha value is -3.94. The fourth-order valence-corrected chi connectivity index (χ4v) is 7.36. The molecule has 0 bridgehead atoms. The molecule has 262 valence electrons. The van der Waals surface area contributed by atoms with E-state index in [4.69, 9.17) is 14.1 Å². The van der Waals surface area contributed by atoms with Crippen LogP contribution in [0, 0.1) is 5.82 Å². The number of carbonyl (C=O) groups is 2. The predicted octanol–water partition coefficient (Wildman–Crippen LogP) is 8.31. The molecule has 1 aliphatic heterocycles. The van der Waals surface area contributed by atoms with Gasteiger partial charge in [0.1, 0.15) is 22.9 Å². The van der Waals surface area contributed by atoms with Gasteiger partial charge in [-0.2, -0.15) is 0 Å². The van der Waals surface area contributed by atoms with Gasteiger partial charge in [-0.1, -0.05) is 38.1 Å². The number of aryl methyl sites for hydroxylation is 1. The maximum atomic E-state index is 15.9. The lowest BCUT2D eigenvalue weighted by molar-refractivity contribution is 0.0196. The van der Waals surface area contributed by atoms with Crippen LogP contribution >= 0.6 is 11.3 Å². The Kier molecular flexibility index (Phi) is 10.5. The fourth-order valence-electron chi connectivity index (χ4n) is 5.43. The number of amides is 2. The zero-order valence-electron chi connectivity index (χ0n) is 29.9. The zero-order valence-corrected chi connectivity index (χ0v) is 31.7. The normalized spacial score (nSPS) is 16.0. The van der Waals surface area contributed by atoms with E-state index in [1.54, 1.807) is 46.6 Å². The second-order valence-electron chi connectivity index (χ2n) is 15.0. The highest BCUT2D eigenvalue weighted by molar-refractivity contribution is 7.19. The number of ether oxygens (including phenoxy) is 1. The molecule has 1 fully saturated rings. The highest BCUT2D eigenvalue weighted by atomic mass is 32.1. The second-order valence-corrected chi connectivity index (χ2v) is 21.0. The summed E-state index contributed by atoms with van der Waals surface area (Å²) in [5.41, 5.74) is 0.239. The Balaban J connectivity index is 1.50. The zero-order chi connectivity index (χ0) is 35.7. The summed E-state index contributed by atoms with van der Waals surface area (Å²) in [5, 5.41) is 8.90. The standard InChI is InChI=1S/C36H47FN6O4SSi/c1-35(2,3)47-34(45)42-18-10-12-25(22-42)43(33(44)27-15-14-24(20-29(27)37)30-23-41(7)40-39-30)32-28-21-26(48-31(28)16-17-38-32)13-11-19-46-49(8,9)36(4,5)6/h11,13-17,20-21,23,25H,10,12,18-19,22H2,1-9H3/b13-11-/t25-/m1/s1. The summed E-state index contributed by atoms with van der Waals surface area (Å²) < 4.78 is 30.3. The first-order valence-electron chi connectivity index (χ1n) is 16.6. The van der Waals surface area contributed by atoms with Gasteiger partial charge in [0.05, 0.1) is 24.4 Å². The minimum atomic E-state index is -1.89. The lowest BCUT2D eigenvalue weighted by Crippen LogP contribution is -2.53. The fraction of sp³-hybridized carbons (Fsp3) is 0.472. The summed E-state index contributed by atoms with van der Waals surface area (Å²) in [6.07, 6.45) is 8.21. The number of nitrogens with zero attached hydrogens (tertiary/aromatic N) is 6. The summed E-state index contributed by atoms with van der Waals surface area (Å²) in [7, 11) is -0.162. The first kappa shape index (κ1) is 36.3. The molecule has 3 aromatic heterocycles. The molecule has 0 spiro atoms. The average Bonchev–Trinajstić information content (AvgIpc) is 3.64. The summed E-state index contributed by atoms with van der Waals surface area (Å²) in [6, 6.07) is 7.90. The number of piperidine rings is 1. The van der Waals surface area contributed by atoms with Crippen molar-refractivity contribution in [2.45, 2.75) is 84.2 Å². The van der Waals surface area contributed by atoms with Gasteiger partial charge < -0.3 is 14.1 Å². The number of pyridine rings is 1. The first-order valence-corrected chi connectivity index (χ1v) is 20.3. The maximum Gasteiger partial charge on any atom is 0.410 e. The predicted molar refractivity (Wildman–Crippen MR) is 196 cm³/mol. The van der Waals surface area contributed by atoms with E-state index in [0.29, 0.717) is 43.1 Å². The maximum absolute atomic E-state index is 15.9. The Morgan fingerprint density at radius 2 is 1.90 bits per heavy atom. The molecule has 0 saturated carbocycles. The summed E-state index contributed by atoms with van der Waals surface area (Å²) in [4.78, 5) is 36.5. The van der Waals surface area contributed by atoms with E-state index < -0.39 is 37.8 Å². The van der Waals surface area contributed by atoms with Crippen LogP contribution in [-0.2, 0) is 16.2 Å². The van der Waals surface area contributed by atoms with Crippen LogP contribution in [0.2, 0.25) is 18.1 Å². The van der Waals surface area contributed by atoms with Crippen LogP contribution in [0.4, 0.5) is 15.0 Å². The number of aromatic nitrogens is 4. The molecule has 10 nitrogen and oxygen atoms in total. The van der Waals surface area contributed by atoms with E-state index >= 15 is 4.39 Å². The third kappa shape index (κ3) is 8.45. The number of thiophene rings is 1. The molecule has 2 amide bonds. The number of hydrogen-bond donors (Lipinski definition) is 0. The number of anilines is 1. The Morgan fingerprint density at radius 1 is 1.14 bits per heavy atom. The molecule has 5 rings (SSSR count). The Morgan fingerprint density at radius 3 is 2.55 bits per heavy atom. The smallest absolute Gasteiger partial charge is 0.410 e. The number of benzene rings is 1. The number of likely N-dealkylation sites (tertiary alicyclic amines) is 1. The van der Waals surface area contributed by atoms with Crippen molar-refractivity contribution in [2.75, 3.05) is 24.6 Å². The van der Waals surface area contributed by atoms with E-state index in [1.807, 2.05) is 45.1 Å². The highest BCUT2D eigenvalue weighted by Gasteiger charge is 2.37. The number of hydrogen-bond acceptors (Lipinski definition) is 8. The van der Waals surface area contributed by atoms with Gasteiger partial charge in [0.15, 0.2) is 8.32 Å². The van der Waals surface area contributed by atoms with Crippen molar-refractivity contribution in [1.29, 1.82) is 0 Å². The SMILES string of the molecule is Cn1cc(-c2ccc(C(=O)N(c3nccc4sc(/C=C\CO[Si](C)(C)C(C)(C)C)cc34)[C@@H]3CCCN(C(=O)OC(C)(C)C)C3)c(F)c2)nn1. The van der Waals surface area contributed by atoms with E-state index in [1.165, 1.54) is 16.8 Å². The van der Waals surface area contributed by atoms with Gasteiger partial charge in [-0.25, -0.2) is 14.2 Å². The molecule has 1 aliphatic rings. The minimum absolute atomic E-state index is 0.0982. The van der Waals surface area contributed by atoms with Crippen molar-refractivity contribution < 1.29 is 23.1 Å². The van der Waals surface area contributed by atoms with Gasteiger partial charge in [-0.3, -0.25) is 14.4 Å². The largest absolute Gasteiger partial charge is 0.444 e. The van der Waals surface area contributed by atoms with Crippen molar-refractivity contribution in [3.8, 4) is 11.3 Å². The molecule has 49 heavy (non-hydrogen) atoms. The molecule has 0 radical (unpaired) electrons. The quantitative estimate of drug-likeness (QED) is 0.170. The molecule has 0 aliphatic carbocycles. The monoisotopic (exact) mass is 706 g/mol. The molecule has 1 aromatic carbocycles. The van der Waals surface area contributed by atoms with Crippen molar-refractivity contribution in [1.82, 2.24) is 24.9 Å². The van der Waals surface area contributed by atoms with E-state index in [0.717, 1.165) is 15.0 Å². The summed E-state index contributed by atoms with van der Waals surface area (Å²) in [6.45, 7) is 17.8. The molecule has 1 atom stereocenters. The molecule has 4 heterocycles. The van der Waals surface area contributed by atoms with Crippen LogP contribution in [0.15, 0.2) is 48.8 Å². The summed E-state index contributed by atoms with van der Waals surface area (Å²) in [5.74, 6) is -0.796. The van der Waals surface area contributed by atoms with E-state index in [2.05, 4.69) is 44.2 Å². The third-order valence-electron chi connectivity index (χ3n) is 9.03. The number of fused-ring (bicyclic) bond motifs is 1. The minimum Gasteiger partial charge on any atom is -0.444 e. The molecular weight excluding hydrogens is 660 g/mol. The van der Waals surface area contributed by atoms with Gasteiger partial charge >= 0.3 is 6.09 Å². The third-order valence-corrected chi connectivity index (χ3v) is 14.6. The number of rotatable bonds is 8. The van der Waals surface area contributed by atoms with Gasteiger partial charge in [0.25, 0.3) is 5.91 Å². The molecule has 13 heteroatoms. The van der Waals surface area contributed by atoms with E-state index in [9.17, 15) is 9.59 Å². The van der Waals surface area contributed by atoms with Crippen LogP contribution in [0.3, 0.4) is 0 Å². The highest BCUT2D eigenvalue weighted by Crippen LogP contribution is 2.38. The van der Waals surface area contributed by atoms with Crippen LogP contribution in [0.1, 0.15) is 69.6 Å². The van der Waals surface area contributed by atoms with Gasteiger partial charge in [0, 0.05) is 46.9 Å². The molecule has 1 saturated heterocycles. The molecular formula is C36H47FN6O4SSi. The number of carbonyl (C=O) groups excluding carboxylic acids is 2. The topological polar surface area (TPSA) is 103 Å². The van der Waals surface area contributed by atoms with Crippen LogP contribution in [0.5, 0.6) is 0 Å². The van der Waals surface area contributed by atoms with Crippen molar-refractivity contribution in [3.63, 3.8) is 0 Å².